The molecule has 1 amide bonds. The number of hydrogen-bond acceptors (Lipinski definition) is 4. The number of rotatable bonds is 0. The van der Waals surface area contributed by atoms with Crippen LogP contribution in [0.5, 0.6) is 0 Å². The zero-order chi connectivity index (χ0) is 9.59. The fraction of sp³-hybridized carbons (Fsp3) is 0.875. The van der Waals surface area contributed by atoms with Crippen molar-refractivity contribution in [1.29, 1.82) is 0 Å². The first-order chi connectivity index (χ1) is 6.11. The van der Waals surface area contributed by atoms with Crippen molar-refractivity contribution < 1.29 is 20.1 Å². The van der Waals surface area contributed by atoms with Gasteiger partial charge in [0.25, 0.3) is 0 Å². The molecule has 0 saturated carbocycles. The van der Waals surface area contributed by atoms with Crippen molar-refractivity contribution in [3.05, 3.63) is 0 Å². The SMILES string of the molecule is O=C1CC[C@@H](O)[C@@H]2[C@H](O)[C@H](O)CN12. The van der Waals surface area contributed by atoms with E-state index in [2.05, 4.69) is 0 Å². The highest BCUT2D eigenvalue weighted by molar-refractivity contribution is 5.78. The van der Waals surface area contributed by atoms with E-state index in [4.69, 9.17) is 0 Å². The number of nitrogens with zero attached hydrogens (tertiary/aromatic N) is 1. The van der Waals surface area contributed by atoms with E-state index < -0.39 is 24.4 Å². The van der Waals surface area contributed by atoms with Gasteiger partial charge in [-0.05, 0) is 6.42 Å². The molecule has 4 atom stereocenters. The van der Waals surface area contributed by atoms with Crippen LogP contribution >= 0.6 is 0 Å². The average molecular weight is 187 g/mol. The molecule has 0 bridgehead atoms. The molecule has 5 heteroatoms. The second-order valence-electron chi connectivity index (χ2n) is 3.70. The molecule has 2 aliphatic heterocycles. The zero-order valence-electron chi connectivity index (χ0n) is 7.13. The number of amides is 1. The van der Waals surface area contributed by atoms with E-state index in [0.29, 0.717) is 12.8 Å². The fourth-order valence-corrected chi connectivity index (χ4v) is 2.13. The monoisotopic (exact) mass is 187 g/mol. The van der Waals surface area contributed by atoms with Crippen LogP contribution in [0.3, 0.4) is 0 Å². The predicted octanol–water partition coefficient (Wildman–Crippen LogP) is -1.93. The van der Waals surface area contributed by atoms with Crippen LogP contribution in [-0.2, 0) is 4.79 Å². The average Bonchev–Trinajstić information content (AvgIpc) is 2.38. The lowest BCUT2D eigenvalue weighted by atomic mass is 9.97. The van der Waals surface area contributed by atoms with Gasteiger partial charge in [0, 0.05) is 13.0 Å². The Morgan fingerprint density at radius 3 is 2.54 bits per heavy atom. The number of carbonyl (C=O) groups excluding carboxylic acids is 1. The summed E-state index contributed by atoms with van der Waals surface area (Å²) >= 11 is 0. The highest BCUT2D eigenvalue weighted by Gasteiger charge is 2.48. The highest BCUT2D eigenvalue weighted by atomic mass is 16.3. The Bertz CT molecular complexity index is 232. The number of hydrogen-bond donors (Lipinski definition) is 3. The van der Waals surface area contributed by atoms with E-state index in [1.165, 1.54) is 4.90 Å². The van der Waals surface area contributed by atoms with Crippen molar-refractivity contribution in [3.8, 4) is 0 Å². The molecule has 0 radical (unpaired) electrons. The normalized spacial score (nSPS) is 45.2. The molecule has 2 heterocycles. The lowest BCUT2D eigenvalue weighted by molar-refractivity contribution is -0.141. The summed E-state index contributed by atoms with van der Waals surface area (Å²) in [4.78, 5) is 12.7. The van der Waals surface area contributed by atoms with Crippen LogP contribution in [0.15, 0.2) is 0 Å². The van der Waals surface area contributed by atoms with E-state index in [-0.39, 0.29) is 12.5 Å². The van der Waals surface area contributed by atoms with Crippen LogP contribution in [0.25, 0.3) is 0 Å². The molecule has 74 valence electrons. The second-order valence-corrected chi connectivity index (χ2v) is 3.70. The molecule has 0 aromatic heterocycles. The maximum atomic E-state index is 11.3. The number of piperidine rings is 1. The van der Waals surface area contributed by atoms with Gasteiger partial charge in [-0.3, -0.25) is 4.79 Å². The van der Waals surface area contributed by atoms with Crippen LogP contribution in [0.4, 0.5) is 0 Å². The quantitative estimate of drug-likeness (QED) is 0.412. The van der Waals surface area contributed by atoms with E-state index in [0.717, 1.165) is 0 Å². The van der Waals surface area contributed by atoms with Gasteiger partial charge in [0.2, 0.25) is 5.91 Å². The van der Waals surface area contributed by atoms with E-state index >= 15 is 0 Å². The maximum Gasteiger partial charge on any atom is 0.223 e. The van der Waals surface area contributed by atoms with Crippen LogP contribution in [0.1, 0.15) is 12.8 Å². The standard InChI is InChI=1S/C8H13NO4/c10-4-1-2-6(12)9-3-5(11)8(13)7(4)9/h4-5,7-8,10-11,13H,1-3H2/t4-,5-,7-,8-/m1/s1. The first-order valence-electron chi connectivity index (χ1n) is 4.45. The van der Waals surface area contributed by atoms with Crippen molar-refractivity contribution in [3.63, 3.8) is 0 Å². The van der Waals surface area contributed by atoms with Crippen molar-refractivity contribution in [2.24, 2.45) is 0 Å². The van der Waals surface area contributed by atoms with Gasteiger partial charge >= 0.3 is 0 Å². The van der Waals surface area contributed by atoms with Crippen LogP contribution < -0.4 is 0 Å². The van der Waals surface area contributed by atoms with Crippen molar-refractivity contribution >= 4 is 5.91 Å². The summed E-state index contributed by atoms with van der Waals surface area (Å²) < 4.78 is 0. The van der Waals surface area contributed by atoms with E-state index in [9.17, 15) is 20.1 Å². The lowest BCUT2D eigenvalue weighted by Crippen LogP contribution is -2.51. The summed E-state index contributed by atoms with van der Waals surface area (Å²) in [5.74, 6) is -0.0918. The molecule has 2 aliphatic rings. The summed E-state index contributed by atoms with van der Waals surface area (Å²) in [5.41, 5.74) is 0. The minimum Gasteiger partial charge on any atom is -0.391 e. The van der Waals surface area contributed by atoms with Crippen LogP contribution in [0.2, 0.25) is 0 Å². The maximum absolute atomic E-state index is 11.3. The minimum absolute atomic E-state index is 0.0918. The van der Waals surface area contributed by atoms with Gasteiger partial charge in [-0.15, -0.1) is 0 Å². The molecular weight excluding hydrogens is 174 g/mol. The largest absolute Gasteiger partial charge is 0.391 e. The van der Waals surface area contributed by atoms with Gasteiger partial charge in [-0.25, -0.2) is 0 Å². The highest BCUT2D eigenvalue weighted by Crippen LogP contribution is 2.28. The van der Waals surface area contributed by atoms with Crippen LogP contribution in [-0.4, -0.2) is 57.0 Å². The summed E-state index contributed by atoms with van der Waals surface area (Å²) in [6, 6.07) is -0.601. The zero-order valence-corrected chi connectivity index (χ0v) is 7.13. The topological polar surface area (TPSA) is 81.0 Å². The first kappa shape index (κ1) is 8.93. The molecule has 3 N–H and O–H groups in total. The van der Waals surface area contributed by atoms with Gasteiger partial charge in [-0.2, -0.15) is 0 Å². The lowest BCUT2D eigenvalue weighted by Gasteiger charge is -2.34. The van der Waals surface area contributed by atoms with Crippen molar-refractivity contribution in [2.75, 3.05) is 6.54 Å². The Morgan fingerprint density at radius 2 is 1.92 bits per heavy atom. The summed E-state index contributed by atoms with van der Waals surface area (Å²) in [7, 11) is 0. The summed E-state index contributed by atoms with van der Waals surface area (Å²) in [6.45, 7) is 0.141. The van der Waals surface area contributed by atoms with Gasteiger partial charge in [-0.1, -0.05) is 0 Å². The van der Waals surface area contributed by atoms with Crippen LogP contribution in [0, 0.1) is 0 Å². The molecule has 2 rings (SSSR count). The molecule has 0 aliphatic carbocycles. The number of fused-ring (bicyclic) bond motifs is 1. The molecule has 2 saturated heterocycles. The number of aliphatic hydroxyl groups excluding tert-OH is 3. The third kappa shape index (κ3) is 1.23. The van der Waals surface area contributed by atoms with Crippen molar-refractivity contribution in [1.82, 2.24) is 4.90 Å². The molecule has 13 heavy (non-hydrogen) atoms. The van der Waals surface area contributed by atoms with Gasteiger partial charge in [0.05, 0.1) is 18.2 Å². The molecule has 0 aromatic carbocycles. The Kier molecular flexibility index (Phi) is 2.02. The molecule has 0 spiro atoms. The van der Waals surface area contributed by atoms with Gasteiger partial charge < -0.3 is 20.2 Å². The molecule has 0 aromatic rings. The molecule has 2 fully saturated rings. The third-order valence-electron chi connectivity index (χ3n) is 2.86. The Morgan fingerprint density at radius 1 is 1.23 bits per heavy atom. The Labute approximate surface area is 75.6 Å². The predicted molar refractivity (Wildman–Crippen MR) is 42.8 cm³/mol. The molecule has 0 unspecified atom stereocenters. The van der Waals surface area contributed by atoms with E-state index in [1.54, 1.807) is 0 Å². The van der Waals surface area contributed by atoms with Crippen molar-refractivity contribution in [2.45, 2.75) is 37.2 Å². The van der Waals surface area contributed by atoms with E-state index in [1.807, 2.05) is 0 Å². The van der Waals surface area contributed by atoms with Gasteiger partial charge in [0.1, 0.15) is 6.10 Å². The minimum atomic E-state index is -1.00. The summed E-state index contributed by atoms with van der Waals surface area (Å²) in [5, 5.41) is 28.3. The smallest absolute Gasteiger partial charge is 0.223 e. The molecule has 5 nitrogen and oxygen atoms in total. The Hall–Kier alpha value is -0.650. The number of aliphatic hydroxyl groups is 3. The first-order valence-corrected chi connectivity index (χ1v) is 4.45. The van der Waals surface area contributed by atoms with Gasteiger partial charge in [0.15, 0.2) is 0 Å². The summed E-state index contributed by atoms with van der Waals surface area (Å²) in [6.07, 6.45) is -1.94. The third-order valence-corrected chi connectivity index (χ3v) is 2.86. The number of carbonyl (C=O) groups is 1. The Balaban J connectivity index is 2.22. The fourth-order valence-electron chi connectivity index (χ4n) is 2.13. The molecular formula is C8H13NO4. The second kappa shape index (κ2) is 2.94.